The highest BCUT2D eigenvalue weighted by atomic mass is 32.2. The van der Waals surface area contributed by atoms with Crippen LogP contribution in [0.2, 0.25) is 0 Å². The van der Waals surface area contributed by atoms with E-state index in [9.17, 15) is 13.5 Å². The van der Waals surface area contributed by atoms with Crippen LogP contribution in [-0.2, 0) is 42.1 Å². The molecule has 2 aliphatic rings. The van der Waals surface area contributed by atoms with Crippen molar-refractivity contribution in [1.82, 2.24) is 25.0 Å². The summed E-state index contributed by atoms with van der Waals surface area (Å²) in [6, 6.07) is 3.74. The fourth-order valence-corrected chi connectivity index (χ4v) is 5.59. The van der Waals surface area contributed by atoms with Crippen molar-refractivity contribution >= 4 is 21.5 Å². The van der Waals surface area contributed by atoms with E-state index in [2.05, 4.69) is 31.7 Å². The lowest BCUT2D eigenvalue weighted by Gasteiger charge is -2.16. The normalized spacial score (nSPS) is 15.8. The van der Waals surface area contributed by atoms with E-state index in [0.29, 0.717) is 0 Å². The Morgan fingerprint density at radius 3 is 2.48 bits per heavy atom. The molecule has 3 aromatic rings. The number of sulfone groups is 1. The molecule has 2 aromatic heterocycles. The molecule has 1 aromatic carbocycles. The third-order valence-corrected chi connectivity index (χ3v) is 7.33. The van der Waals surface area contributed by atoms with Gasteiger partial charge in [0, 0.05) is 11.9 Å². The number of benzene rings is 1. The Balaban J connectivity index is 1.43. The van der Waals surface area contributed by atoms with E-state index in [1.54, 1.807) is 13.8 Å². The SMILES string of the molecule is CC(C)(O)Cn1ccc(S(=O)(=O)c2nc(Nc3c4c(cc5c3CCC5)CCC4)n[nH]2)n1. The Hall–Kier alpha value is -2.72. The summed E-state index contributed by atoms with van der Waals surface area (Å²) in [6.07, 6.45) is 7.98. The second kappa shape index (κ2) is 7.16. The van der Waals surface area contributed by atoms with Crippen molar-refractivity contribution in [1.29, 1.82) is 0 Å². The first-order valence-corrected chi connectivity index (χ1v) is 12.1. The fourth-order valence-electron chi connectivity index (χ4n) is 4.57. The van der Waals surface area contributed by atoms with Crippen molar-refractivity contribution in [3.05, 3.63) is 40.6 Å². The van der Waals surface area contributed by atoms with Gasteiger partial charge in [-0.1, -0.05) is 6.07 Å². The summed E-state index contributed by atoms with van der Waals surface area (Å²) in [6.45, 7) is 3.44. The second-order valence-corrected chi connectivity index (χ2v) is 10.8. The van der Waals surface area contributed by atoms with Crippen LogP contribution in [0.5, 0.6) is 0 Å². The lowest BCUT2D eigenvalue weighted by molar-refractivity contribution is 0.0573. The number of hydrogen-bond donors (Lipinski definition) is 3. The average molecular weight is 443 g/mol. The van der Waals surface area contributed by atoms with Gasteiger partial charge in [-0.3, -0.25) is 4.68 Å². The van der Waals surface area contributed by atoms with Gasteiger partial charge in [-0.05, 0) is 80.7 Å². The summed E-state index contributed by atoms with van der Waals surface area (Å²) in [5, 5.41) is 23.6. The molecular weight excluding hydrogens is 416 g/mol. The molecule has 0 fully saturated rings. The number of hydrogen-bond acceptors (Lipinski definition) is 7. The molecular formula is C21H26N6O3S. The smallest absolute Gasteiger partial charge is 0.260 e. The summed E-state index contributed by atoms with van der Waals surface area (Å²) in [7, 11) is -3.95. The second-order valence-electron chi connectivity index (χ2n) is 8.99. The molecule has 0 aliphatic heterocycles. The number of H-pyrrole nitrogens is 1. The van der Waals surface area contributed by atoms with Crippen LogP contribution in [-0.4, -0.2) is 44.1 Å². The molecule has 0 bridgehead atoms. The van der Waals surface area contributed by atoms with Crippen molar-refractivity contribution in [2.24, 2.45) is 0 Å². The number of nitrogens with one attached hydrogen (secondary N) is 2. The van der Waals surface area contributed by atoms with E-state index in [0.717, 1.165) is 44.2 Å². The molecule has 0 radical (unpaired) electrons. The van der Waals surface area contributed by atoms with Gasteiger partial charge in [-0.15, -0.1) is 5.10 Å². The Kier molecular flexibility index (Phi) is 4.67. The van der Waals surface area contributed by atoms with E-state index >= 15 is 0 Å². The maximum Gasteiger partial charge on any atom is 0.260 e. The molecule has 10 heteroatoms. The molecule has 164 valence electrons. The number of aromatic nitrogens is 5. The number of aromatic amines is 1. The van der Waals surface area contributed by atoms with Crippen molar-refractivity contribution in [2.75, 3.05) is 5.32 Å². The van der Waals surface area contributed by atoms with Crippen LogP contribution in [0.15, 0.2) is 28.5 Å². The topological polar surface area (TPSA) is 126 Å². The zero-order chi connectivity index (χ0) is 21.8. The predicted octanol–water partition coefficient (Wildman–Crippen LogP) is 2.33. The van der Waals surface area contributed by atoms with Gasteiger partial charge in [-0.25, -0.2) is 13.5 Å². The Bertz CT molecular complexity index is 1220. The van der Waals surface area contributed by atoms with Crippen LogP contribution in [0.3, 0.4) is 0 Å². The zero-order valence-electron chi connectivity index (χ0n) is 17.6. The Morgan fingerprint density at radius 1 is 1.16 bits per heavy atom. The highest BCUT2D eigenvalue weighted by molar-refractivity contribution is 7.91. The van der Waals surface area contributed by atoms with Crippen LogP contribution in [0.4, 0.5) is 11.6 Å². The quantitative estimate of drug-likeness (QED) is 0.535. The van der Waals surface area contributed by atoms with Crippen LogP contribution < -0.4 is 5.32 Å². The molecule has 5 rings (SSSR count). The molecule has 0 amide bonds. The van der Waals surface area contributed by atoms with Gasteiger partial charge in [0.15, 0.2) is 5.03 Å². The van der Waals surface area contributed by atoms with E-state index in [4.69, 9.17) is 0 Å². The highest BCUT2D eigenvalue weighted by Crippen LogP contribution is 2.39. The minimum absolute atomic E-state index is 0.138. The number of aryl methyl sites for hydroxylation is 2. The summed E-state index contributed by atoms with van der Waals surface area (Å²) in [5.41, 5.74) is 5.42. The van der Waals surface area contributed by atoms with Gasteiger partial charge in [0.1, 0.15) is 0 Å². The summed E-state index contributed by atoms with van der Waals surface area (Å²) < 4.78 is 27.3. The van der Waals surface area contributed by atoms with Gasteiger partial charge in [0.05, 0.1) is 12.1 Å². The molecule has 0 atom stereocenters. The first-order chi connectivity index (χ1) is 14.7. The lowest BCUT2D eigenvalue weighted by Crippen LogP contribution is -2.26. The molecule has 0 spiro atoms. The minimum atomic E-state index is -3.95. The van der Waals surface area contributed by atoms with Gasteiger partial charge in [-0.2, -0.15) is 10.1 Å². The molecule has 2 aliphatic carbocycles. The van der Waals surface area contributed by atoms with Crippen molar-refractivity contribution in [3.8, 4) is 0 Å². The number of rotatable bonds is 6. The zero-order valence-corrected chi connectivity index (χ0v) is 18.5. The summed E-state index contributed by atoms with van der Waals surface area (Å²) >= 11 is 0. The van der Waals surface area contributed by atoms with E-state index in [-0.39, 0.29) is 22.7 Å². The average Bonchev–Trinajstić information content (AvgIpc) is 3.47. The van der Waals surface area contributed by atoms with Gasteiger partial charge >= 0.3 is 0 Å². The van der Waals surface area contributed by atoms with Crippen LogP contribution in [0.25, 0.3) is 0 Å². The van der Waals surface area contributed by atoms with Crippen molar-refractivity contribution in [3.63, 3.8) is 0 Å². The van der Waals surface area contributed by atoms with E-state index in [1.165, 1.54) is 39.2 Å². The largest absolute Gasteiger partial charge is 0.389 e. The predicted molar refractivity (Wildman–Crippen MR) is 114 cm³/mol. The number of anilines is 2. The van der Waals surface area contributed by atoms with Crippen LogP contribution in [0.1, 0.15) is 48.9 Å². The molecule has 0 saturated carbocycles. The van der Waals surface area contributed by atoms with Crippen molar-refractivity contribution < 1.29 is 13.5 Å². The Morgan fingerprint density at radius 2 is 1.84 bits per heavy atom. The molecule has 2 heterocycles. The molecule has 9 nitrogen and oxygen atoms in total. The minimum Gasteiger partial charge on any atom is -0.389 e. The first kappa shape index (κ1) is 20.2. The van der Waals surface area contributed by atoms with E-state index < -0.39 is 15.4 Å². The van der Waals surface area contributed by atoms with E-state index in [1.807, 2.05) is 0 Å². The first-order valence-electron chi connectivity index (χ1n) is 10.6. The van der Waals surface area contributed by atoms with Crippen LogP contribution in [0, 0.1) is 0 Å². The molecule has 0 unspecified atom stereocenters. The van der Waals surface area contributed by atoms with Gasteiger partial charge in [0.2, 0.25) is 5.95 Å². The van der Waals surface area contributed by atoms with Gasteiger partial charge < -0.3 is 10.4 Å². The third kappa shape index (κ3) is 3.74. The number of fused-ring (bicyclic) bond motifs is 2. The Labute approximate surface area is 180 Å². The lowest BCUT2D eigenvalue weighted by atomic mass is 9.99. The third-order valence-electron chi connectivity index (χ3n) is 5.87. The highest BCUT2D eigenvalue weighted by Gasteiger charge is 2.28. The maximum atomic E-state index is 13.0. The van der Waals surface area contributed by atoms with Gasteiger partial charge in [0.25, 0.3) is 15.0 Å². The maximum absolute atomic E-state index is 13.0. The van der Waals surface area contributed by atoms with Crippen molar-refractivity contribution in [2.45, 2.75) is 74.7 Å². The number of aliphatic hydroxyl groups is 1. The molecule has 0 saturated heterocycles. The molecule has 31 heavy (non-hydrogen) atoms. The summed E-state index contributed by atoms with van der Waals surface area (Å²) in [4.78, 5) is 4.22. The monoisotopic (exact) mass is 442 g/mol. The summed E-state index contributed by atoms with van der Waals surface area (Å²) in [5.74, 6) is 0.240. The fraction of sp³-hybridized carbons (Fsp3) is 0.476. The van der Waals surface area contributed by atoms with Crippen LogP contribution >= 0.6 is 0 Å². The number of nitrogens with zero attached hydrogens (tertiary/aromatic N) is 4. The standard InChI is InChI=1S/C21H26N6O3S/c1-21(2,28)12-27-10-9-17(26-27)31(29,30)20-23-19(24-25-20)22-18-15-7-3-5-13(15)11-14-6-4-8-16(14)18/h9-11,28H,3-8,12H2,1-2H3,(H2,22,23,24,25). The molecule has 3 N–H and O–H groups in total.